The predicted octanol–water partition coefficient (Wildman–Crippen LogP) is -0.466. The topological polar surface area (TPSA) is 92.4 Å². The third kappa shape index (κ3) is 3.99. The molecule has 0 saturated carbocycles. The van der Waals surface area contributed by atoms with Gasteiger partial charge in [0.1, 0.15) is 5.69 Å². The Labute approximate surface area is 118 Å². The third-order valence-electron chi connectivity index (χ3n) is 3.51. The molecule has 1 aliphatic heterocycles. The van der Waals surface area contributed by atoms with Gasteiger partial charge in [0.2, 0.25) is 0 Å². The van der Waals surface area contributed by atoms with Gasteiger partial charge in [0.05, 0.1) is 44.2 Å². The van der Waals surface area contributed by atoms with Crippen molar-refractivity contribution in [3.63, 3.8) is 0 Å². The number of hydrogen-bond donors (Lipinski definition) is 3. The minimum atomic E-state index is -0.493. The Morgan fingerprint density at radius 1 is 1.55 bits per heavy atom. The zero-order chi connectivity index (χ0) is 14.5. The monoisotopic (exact) mass is 284 g/mol. The second-order valence-electron chi connectivity index (χ2n) is 5.69. The summed E-state index contributed by atoms with van der Waals surface area (Å²) in [6.07, 6.45) is 2.13. The Hall–Kier alpha value is -1.02. The van der Waals surface area contributed by atoms with E-state index in [9.17, 15) is 5.11 Å². The minimum Gasteiger partial charge on any atom is -0.390 e. The van der Waals surface area contributed by atoms with E-state index >= 15 is 0 Å². The predicted molar refractivity (Wildman–Crippen MR) is 72.9 cm³/mol. The van der Waals surface area contributed by atoms with Crippen LogP contribution in [-0.2, 0) is 17.9 Å². The molecule has 20 heavy (non-hydrogen) atoms. The Morgan fingerprint density at radius 2 is 2.35 bits per heavy atom. The van der Waals surface area contributed by atoms with Crippen LogP contribution in [0.5, 0.6) is 0 Å². The van der Waals surface area contributed by atoms with Crippen molar-refractivity contribution in [1.29, 1.82) is 0 Å². The van der Waals surface area contributed by atoms with Crippen LogP contribution in [0.25, 0.3) is 0 Å². The first-order valence-corrected chi connectivity index (χ1v) is 7.13. The van der Waals surface area contributed by atoms with Crippen molar-refractivity contribution in [1.82, 2.24) is 20.3 Å². The SMILES string of the molecule is CC(C)CCN[C@@H]1[C@@H](O)CO[C@@H]1Cn1cc(CO)nn1. The number of nitrogens with one attached hydrogen (secondary N) is 1. The maximum absolute atomic E-state index is 9.98. The first kappa shape index (κ1) is 15.4. The molecule has 2 heterocycles. The molecule has 0 unspecified atom stereocenters. The molecule has 0 amide bonds. The van der Waals surface area contributed by atoms with Crippen molar-refractivity contribution in [2.75, 3.05) is 13.2 Å². The molecule has 0 aliphatic carbocycles. The Bertz CT molecular complexity index is 410. The van der Waals surface area contributed by atoms with Crippen LogP contribution in [0.3, 0.4) is 0 Å². The van der Waals surface area contributed by atoms with Gasteiger partial charge in [-0.3, -0.25) is 0 Å². The Balaban J connectivity index is 1.88. The van der Waals surface area contributed by atoms with E-state index in [0.29, 0.717) is 24.8 Å². The second-order valence-corrected chi connectivity index (χ2v) is 5.69. The van der Waals surface area contributed by atoms with Crippen LogP contribution < -0.4 is 5.32 Å². The Morgan fingerprint density at radius 3 is 3.00 bits per heavy atom. The van der Waals surface area contributed by atoms with Crippen LogP contribution >= 0.6 is 0 Å². The van der Waals surface area contributed by atoms with Gasteiger partial charge in [-0.2, -0.15) is 0 Å². The van der Waals surface area contributed by atoms with Crippen molar-refractivity contribution in [3.05, 3.63) is 11.9 Å². The molecule has 0 aromatic carbocycles. The number of aliphatic hydroxyl groups is 2. The van der Waals surface area contributed by atoms with Crippen molar-refractivity contribution in [2.24, 2.45) is 5.92 Å². The molecule has 1 fully saturated rings. The lowest BCUT2D eigenvalue weighted by Gasteiger charge is -2.22. The number of rotatable bonds is 7. The van der Waals surface area contributed by atoms with Gasteiger partial charge < -0.3 is 20.3 Å². The maximum Gasteiger partial charge on any atom is 0.108 e. The molecule has 1 aromatic heterocycles. The van der Waals surface area contributed by atoms with Gasteiger partial charge in [-0.15, -0.1) is 5.10 Å². The van der Waals surface area contributed by atoms with Crippen LogP contribution in [0, 0.1) is 5.92 Å². The molecule has 3 N–H and O–H groups in total. The summed E-state index contributed by atoms with van der Waals surface area (Å²) in [6.45, 7) is 5.94. The summed E-state index contributed by atoms with van der Waals surface area (Å²) in [5, 5.41) is 30.1. The maximum atomic E-state index is 9.98. The standard InChI is InChI=1S/C13H24N4O3/c1-9(2)3-4-14-13-11(19)8-20-12(13)6-17-5-10(7-18)15-16-17/h5,9,11-14,18-19H,3-4,6-8H2,1-2H3/t11-,12+,13+/m0/s1. The highest BCUT2D eigenvalue weighted by Gasteiger charge is 2.36. The molecule has 1 aromatic rings. The summed E-state index contributed by atoms with van der Waals surface area (Å²) in [5.41, 5.74) is 0.535. The van der Waals surface area contributed by atoms with E-state index in [1.165, 1.54) is 0 Å². The molecule has 3 atom stereocenters. The van der Waals surface area contributed by atoms with Crippen LogP contribution in [0.1, 0.15) is 26.0 Å². The lowest BCUT2D eigenvalue weighted by Crippen LogP contribution is -2.45. The van der Waals surface area contributed by atoms with Gasteiger partial charge in [0, 0.05) is 0 Å². The summed E-state index contributed by atoms with van der Waals surface area (Å²) in [7, 11) is 0. The molecule has 0 spiro atoms. The van der Waals surface area contributed by atoms with E-state index in [-0.39, 0.29) is 18.8 Å². The van der Waals surface area contributed by atoms with E-state index < -0.39 is 6.10 Å². The molecular weight excluding hydrogens is 260 g/mol. The van der Waals surface area contributed by atoms with Crippen LogP contribution in [0.15, 0.2) is 6.20 Å². The molecule has 1 aliphatic rings. The summed E-state index contributed by atoms with van der Waals surface area (Å²) in [4.78, 5) is 0. The average molecular weight is 284 g/mol. The fourth-order valence-corrected chi connectivity index (χ4v) is 2.33. The molecule has 2 rings (SSSR count). The number of hydrogen-bond acceptors (Lipinski definition) is 6. The van der Waals surface area contributed by atoms with E-state index in [0.717, 1.165) is 13.0 Å². The minimum absolute atomic E-state index is 0.0875. The normalized spacial score (nSPS) is 26.6. The quantitative estimate of drug-likeness (QED) is 0.627. The zero-order valence-corrected chi connectivity index (χ0v) is 12.1. The van der Waals surface area contributed by atoms with Crippen molar-refractivity contribution < 1.29 is 14.9 Å². The third-order valence-corrected chi connectivity index (χ3v) is 3.51. The average Bonchev–Trinajstić information content (AvgIpc) is 2.99. The highest BCUT2D eigenvalue weighted by Crippen LogP contribution is 2.16. The lowest BCUT2D eigenvalue weighted by molar-refractivity contribution is 0.0741. The molecular formula is C13H24N4O3. The smallest absolute Gasteiger partial charge is 0.108 e. The Kier molecular flexibility index (Phi) is 5.47. The van der Waals surface area contributed by atoms with Crippen molar-refractivity contribution in [2.45, 2.75) is 51.7 Å². The first-order chi connectivity index (χ1) is 9.60. The largest absolute Gasteiger partial charge is 0.390 e. The first-order valence-electron chi connectivity index (χ1n) is 7.13. The summed E-state index contributed by atoms with van der Waals surface area (Å²) >= 11 is 0. The fraction of sp³-hybridized carbons (Fsp3) is 0.846. The van der Waals surface area contributed by atoms with Crippen LogP contribution in [-0.4, -0.2) is 56.6 Å². The van der Waals surface area contributed by atoms with Gasteiger partial charge in [-0.25, -0.2) is 4.68 Å². The zero-order valence-electron chi connectivity index (χ0n) is 12.1. The van der Waals surface area contributed by atoms with E-state index in [4.69, 9.17) is 9.84 Å². The van der Waals surface area contributed by atoms with E-state index in [1.54, 1.807) is 10.9 Å². The fourth-order valence-electron chi connectivity index (χ4n) is 2.33. The van der Waals surface area contributed by atoms with Gasteiger partial charge >= 0.3 is 0 Å². The van der Waals surface area contributed by atoms with Gasteiger partial charge in [-0.05, 0) is 18.9 Å². The lowest BCUT2D eigenvalue weighted by atomic mass is 10.1. The summed E-state index contributed by atoms with van der Waals surface area (Å²) in [6, 6.07) is -0.0875. The van der Waals surface area contributed by atoms with Crippen molar-refractivity contribution in [3.8, 4) is 0 Å². The molecule has 0 bridgehead atoms. The highest BCUT2D eigenvalue weighted by atomic mass is 16.5. The second kappa shape index (κ2) is 7.12. The van der Waals surface area contributed by atoms with E-state index in [2.05, 4.69) is 29.5 Å². The highest BCUT2D eigenvalue weighted by molar-refractivity contribution is 4.93. The van der Waals surface area contributed by atoms with Gasteiger partial charge in [0.15, 0.2) is 0 Å². The van der Waals surface area contributed by atoms with Crippen molar-refractivity contribution >= 4 is 0 Å². The van der Waals surface area contributed by atoms with Gasteiger partial charge in [-0.1, -0.05) is 19.1 Å². The molecule has 7 nitrogen and oxygen atoms in total. The van der Waals surface area contributed by atoms with Crippen LogP contribution in [0.2, 0.25) is 0 Å². The number of nitrogens with zero attached hydrogens (tertiary/aromatic N) is 3. The molecule has 0 radical (unpaired) electrons. The van der Waals surface area contributed by atoms with Gasteiger partial charge in [0.25, 0.3) is 0 Å². The summed E-state index contributed by atoms with van der Waals surface area (Å²) in [5.74, 6) is 0.628. The molecule has 7 heteroatoms. The number of ether oxygens (including phenoxy) is 1. The van der Waals surface area contributed by atoms with E-state index in [1.807, 2.05) is 0 Å². The number of aromatic nitrogens is 3. The molecule has 114 valence electrons. The number of aliphatic hydroxyl groups excluding tert-OH is 2. The summed E-state index contributed by atoms with van der Waals surface area (Å²) < 4.78 is 7.26. The van der Waals surface area contributed by atoms with Crippen LogP contribution in [0.4, 0.5) is 0 Å². The molecule has 1 saturated heterocycles.